The second-order valence-electron chi connectivity index (χ2n) is 6.14. The fourth-order valence-electron chi connectivity index (χ4n) is 2.89. The minimum absolute atomic E-state index is 0.142. The standard InChI is InChI=1S/C20H17FN4O3/c1-13-10-16(14(2)24(13)18-8-6-17(21)7-9-18)12-22-23-20(26)15-4-3-5-19(11-15)25(27)28/h3-12H,1-2H3,(H,23,26)/b22-12-. The van der Waals surface area contributed by atoms with Crippen LogP contribution < -0.4 is 5.43 Å². The van der Waals surface area contributed by atoms with E-state index < -0.39 is 10.8 Å². The fraction of sp³-hybridized carbons (Fsp3) is 0.100. The molecule has 1 amide bonds. The summed E-state index contributed by atoms with van der Waals surface area (Å²) in [5, 5.41) is 14.8. The zero-order chi connectivity index (χ0) is 20.3. The smallest absolute Gasteiger partial charge is 0.271 e. The number of nitro groups is 1. The molecular weight excluding hydrogens is 363 g/mol. The number of amides is 1. The number of rotatable bonds is 5. The van der Waals surface area contributed by atoms with Crippen molar-refractivity contribution in [1.82, 2.24) is 9.99 Å². The number of non-ortho nitro benzene ring substituents is 1. The van der Waals surface area contributed by atoms with Crippen LogP contribution in [0.5, 0.6) is 0 Å². The van der Waals surface area contributed by atoms with Gasteiger partial charge < -0.3 is 4.57 Å². The molecule has 2 aromatic carbocycles. The second kappa shape index (κ2) is 7.83. The first-order valence-corrected chi connectivity index (χ1v) is 8.39. The number of hydrogen-bond donors (Lipinski definition) is 1. The van der Waals surface area contributed by atoms with Crippen molar-refractivity contribution in [1.29, 1.82) is 0 Å². The van der Waals surface area contributed by atoms with Crippen LogP contribution in [0.4, 0.5) is 10.1 Å². The number of carbonyl (C=O) groups excluding carboxylic acids is 1. The zero-order valence-electron chi connectivity index (χ0n) is 15.2. The molecule has 1 aromatic heterocycles. The topological polar surface area (TPSA) is 89.5 Å². The lowest BCUT2D eigenvalue weighted by Gasteiger charge is -2.09. The molecular formula is C20H17FN4O3. The Hall–Kier alpha value is -3.81. The molecule has 1 heterocycles. The number of halogens is 1. The van der Waals surface area contributed by atoms with Crippen molar-refractivity contribution in [3.8, 4) is 5.69 Å². The van der Waals surface area contributed by atoms with Crippen molar-refractivity contribution in [3.05, 3.63) is 93.0 Å². The molecule has 0 radical (unpaired) electrons. The van der Waals surface area contributed by atoms with E-state index in [1.54, 1.807) is 12.1 Å². The first kappa shape index (κ1) is 19.0. The van der Waals surface area contributed by atoms with Gasteiger partial charge in [-0.15, -0.1) is 0 Å². The predicted octanol–water partition coefficient (Wildman–Crippen LogP) is 3.91. The van der Waals surface area contributed by atoms with Gasteiger partial charge in [0.05, 0.1) is 11.1 Å². The summed E-state index contributed by atoms with van der Waals surface area (Å²) in [5.41, 5.74) is 5.73. The Morgan fingerprint density at radius 3 is 2.57 bits per heavy atom. The monoisotopic (exact) mass is 380 g/mol. The molecule has 8 heteroatoms. The lowest BCUT2D eigenvalue weighted by Crippen LogP contribution is -2.17. The molecule has 1 N–H and O–H groups in total. The number of aromatic nitrogens is 1. The summed E-state index contributed by atoms with van der Waals surface area (Å²) >= 11 is 0. The van der Waals surface area contributed by atoms with Gasteiger partial charge in [0.1, 0.15) is 5.82 Å². The van der Waals surface area contributed by atoms with Gasteiger partial charge in [-0.1, -0.05) is 6.07 Å². The first-order valence-electron chi connectivity index (χ1n) is 8.39. The van der Waals surface area contributed by atoms with Gasteiger partial charge in [0.15, 0.2) is 0 Å². The highest BCUT2D eigenvalue weighted by Gasteiger charge is 2.12. The number of aryl methyl sites for hydroxylation is 1. The number of hydrogen-bond acceptors (Lipinski definition) is 4. The maximum absolute atomic E-state index is 13.2. The van der Waals surface area contributed by atoms with E-state index in [9.17, 15) is 19.3 Å². The van der Waals surface area contributed by atoms with Gasteiger partial charge in [-0.2, -0.15) is 5.10 Å². The number of nitrogens with zero attached hydrogens (tertiary/aromatic N) is 3. The van der Waals surface area contributed by atoms with Crippen LogP contribution in [0.2, 0.25) is 0 Å². The Kier molecular flexibility index (Phi) is 5.30. The second-order valence-corrected chi connectivity index (χ2v) is 6.14. The van der Waals surface area contributed by atoms with Gasteiger partial charge in [-0.05, 0) is 50.2 Å². The lowest BCUT2D eigenvalue weighted by atomic mass is 10.2. The van der Waals surface area contributed by atoms with E-state index in [0.717, 1.165) is 22.6 Å². The van der Waals surface area contributed by atoms with E-state index in [-0.39, 0.29) is 17.1 Å². The molecule has 7 nitrogen and oxygen atoms in total. The van der Waals surface area contributed by atoms with Crippen LogP contribution in [0, 0.1) is 29.8 Å². The van der Waals surface area contributed by atoms with E-state index in [1.165, 1.54) is 42.6 Å². The maximum Gasteiger partial charge on any atom is 0.271 e. The number of nitrogens with one attached hydrogen (secondary N) is 1. The summed E-state index contributed by atoms with van der Waals surface area (Å²) in [6, 6.07) is 13.4. The summed E-state index contributed by atoms with van der Waals surface area (Å²) in [4.78, 5) is 22.4. The highest BCUT2D eigenvalue weighted by atomic mass is 19.1. The normalized spacial score (nSPS) is 11.0. The van der Waals surface area contributed by atoms with Crippen molar-refractivity contribution in [2.75, 3.05) is 0 Å². The average Bonchev–Trinajstić information content (AvgIpc) is 2.96. The molecule has 0 aliphatic rings. The molecule has 142 valence electrons. The van der Waals surface area contributed by atoms with Gasteiger partial charge in [0, 0.05) is 40.3 Å². The third-order valence-electron chi connectivity index (χ3n) is 4.24. The van der Waals surface area contributed by atoms with Crippen LogP contribution in [-0.2, 0) is 0 Å². The molecule has 0 atom stereocenters. The molecule has 0 saturated heterocycles. The molecule has 0 bridgehead atoms. The van der Waals surface area contributed by atoms with Crippen LogP contribution in [0.25, 0.3) is 5.69 Å². The molecule has 0 unspecified atom stereocenters. The number of benzene rings is 2. The minimum Gasteiger partial charge on any atom is -0.318 e. The number of hydrazone groups is 1. The molecule has 3 aromatic rings. The van der Waals surface area contributed by atoms with Crippen LogP contribution >= 0.6 is 0 Å². The van der Waals surface area contributed by atoms with Crippen LogP contribution in [0.3, 0.4) is 0 Å². The predicted molar refractivity (Wildman–Crippen MR) is 103 cm³/mol. The zero-order valence-corrected chi connectivity index (χ0v) is 15.2. The third-order valence-corrected chi connectivity index (χ3v) is 4.24. The highest BCUT2D eigenvalue weighted by Crippen LogP contribution is 2.20. The summed E-state index contributed by atoms with van der Waals surface area (Å²) in [7, 11) is 0. The highest BCUT2D eigenvalue weighted by molar-refractivity contribution is 5.95. The SMILES string of the molecule is Cc1cc(/C=N\NC(=O)c2cccc([N+](=O)[O-])c2)c(C)n1-c1ccc(F)cc1. The molecule has 3 rings (SSSR count). The molecule has 0 spiro atoms. The Labute approximate surface area is 160 Å². The lowest BCUT2D eigenvalue weighted by molar-refractivity contribution is -0.384. The Morgan fingerprint density at radius 1 is 1.18 bits per heavy atom. The number of carbonyl (C=O) groups is 1. The van der Waals surface area contributed by atoms with Crippen LogP contribution in [0.15, 0.2) is 59.7 Å². The largest absolute Gasteiger partial charge is 0.318 e. The Morgan fingerprint density at radius 2 is 1.89 bits per heavy atom. The van der Waals surface area contributed by atoms with E-state index in [0.29, 0.717) is 0 Å². The average molecular weight is 380 g/mol. The van der Waals surface area contributed by atoms with Crippen molar-refractivity contribution >= 4 is 17.8 Å². The molecule has 0 aliphatic heterocycles. The molecule has 28 heavy (non-hydrogen) atoms. The van der Waals surface area contributed by atoms with Crippen molar-refractivity contribution in [2.24, 2.45) is 5.10 Å². The summed E-state index contributed by atoms with van der Waals surface area (Å²) in [5.74, 6) is -0.857. The van der Waals surface area contributed by atoms with Crippen molar-refractivity contribution < 1.29 is 14.1 Å². The molecule has 0 aliphatic carbocycles. The van der Waals surface area contributed by atoms with Crippen molar-refractivity contribution in [3.63, 3.8) is 0 Å². The summed E-state index contributed by atoms with van der Waals surface area (Å²) in [6.45, 7) is 3.80. The van der Waals surface area contributed by atoms with E-state index >= 15 is 0 Å². The van der Waals surface area contributed by atoms with Crippen LogP contribution in [0.1, 0.15) is 27.3 Å². The fourth-order valence-corrected chi connectivity index (χ4v) is 2.89. The maximum atomic E-state index is 13.2. The minimum atomic E-state index is -0.565. The van der Waals surface area contributed by atoms with Gasteiger partial charge in [-0.3, -0.25) is 14.9 Å². The van der Waals surface area contributed by atoms with E-state index in [2.05, 4.69) is 10.5 Å². The Balaban J connectivity index is 1.77. The quantitative estimate of drug-likeness (QED) is 0.413. The van der Waals surface area contributed by atoms with Gasteiger partial charge in [0.2, 0.25) is 0 Å². The molecule has 0 saturated carbocycles. The summed E-state index contributed by atoms with van der Waals surface area (Å²) < 4.78 is 15.1. The Bertz CT molecular complexity index is 1070. The van der Waals surface area contributed by atoms with Gasteiger partial charge >= 0.3 is 0 Å². The number of nitro benzene ring substituents is 1. The van der Waals surface area contributed by atoms with E-state index in [1.807, 2.05) is 24.5 Å². The first-order chi connectivity index (χ1) is 13.4. The third kappa shape index (κ3) is 3.96. The van der Waals surface area contributed by atoms with Gasteiger partial charge in [-0.25, -0.2) is 9.82 Å². The van der Waals surface area contributed by atoms with E-state index in [4.69, 9.17) is 0 Å². The van der Waals surface area contributed by atoms with Crippen LogP contribution in [-0.4, -0.2) is 21.6 Å². The summed E-state index contributed by atoms with van der Waals surface area (Å²) in [6.07, 6.45) is 1.50. The molecule has 0 fully saturated rings. The van der Waals surface area contributed by atoms with Gasteiger partial charge in [0.25, 0.3) is 11.6 Å². The van der Waals surface area contributed by atoms with Crippen molar-refractivity contribution in [2.45, 2.75) is 13.8 Å².